The fraction of sp³-hybridized carbons (Fsp3) is 0.300. The molecule has 4 N–H and O–H groups in total. The molecule has 32 heavy (non-hydrogen) atoms. The van der Waals surface area contributed by atoms with Gasteiger partial charge in [0.2, 0.25) is 5.95 Å². The third-order valence-corrected chi connectivity index (χ3v) is 4.45. The molecule has 0 aliphatic carbocycles. The first-order chi connectivity index (χ1) is 15.4. The first-order valence-electron chi connectivity index (χ1n) is 9.59. The lowest BCUT2D eigenvalue weighted by Crippen LogP contribution is -2.48. The van der Waals surface area contributed by atoms with Gasteiger partial charge in [-0.1, -0.05) is 23.4 Å². The maximum Gasteiger partial charge on any atom is 0.313 e. The van der Waals surface area contributed by atoms with Crippen LogP contribution < -0.4 is 16.0 Å². The van der Waals surface area contributed by atoms with Crippen molar-refractivity contribution >= 4 is 29.4 Å². The number of amides is 1. The zero-order chi connectivity index (χ0) is 23.1. The lowest BCUT2D eigenvalue weighted by molar-refractivity contribution is -0.143. The van der Waals surface area contributed by atoms with Crippen LogP contribution in [0.5, 0.6) is 0 Å². The number of anilines is 1. The van der Waals surface area contributed by atoms with Crippen molar-refractivity contribution in [1.82, 2.24) is 15.3 Å². The molecule has 1 aromatic carbocycles. The predicted octanol–water partition coefficient (Wildman–Crippen LogP) is 0.591. The number of hydrogen-bond acceptors (Lipinski definition) is 9. The van der Waals surface area contributed by atoms with Crippen LogP contribution in [0.3, 0.4) is 0 Å². The van der Waals surface area contributed by atoms with E-state index in [0.717, 1.165) is 5.71 Å². The summed E-state index contributed by atoms with van der Waals surface area (Å²) in [5, 5.41) is 13.4. The Morgan fingerprint density at radius 3 is 2.69 bits per heavy atom. The van der Waals surface area contributed by atoms with Crippen molar-refractivity contribution in [3.05, 3.63) is 42.0 Å². The number of carbonyl (C=O) groups is 2. The number of aromatic nitrogens is 2. The van der Waals surface area contributed by atoms with Crippen molar-refractivity contribution in [2.75, 3.05) is 31.6 Å². The summed E-state index contributed by atoms with van der Waals surface area (Å²) in [6.45, 7) is 0.499. The smallest absolute Gasteiger partial charge is 0.313 e. The van der Waals surface area contributed by atoms with E-state index in [1.165, 1.54) is 25.5 Å². The van der Waals surface area contributed by atoms with Crippen molar-refractivity contribution in [2.24, 2.45) is 10.9 Å². The molecular weight excluding hydrogens is 421 g/mol. The normalized spacial score (nSPS) is 12.6. The predicted molar refractivity (Wildman–Crippen MR) is 113 cm³/mol. The molecule has 1 amide bonds. The molecule has 0 unspecified atom stereocenters. The van der Waals surface area contributed by atoms with E-state index < -0.39 is 11.8 Å². The molecule has 3 rings (SSSR count). The van der Waals surface area contributed by atoms with Crippen molar-refractivity contribution in [3.8, 4) is 11.1 Å². The van der Waals surface area contributed by atoms with Gasteiger partial charge in [-0.25, -0.2) is 14.4 Å². The average Bonchev–Trinajstić information content (AvgIpc) is 2.74. The average molecular weight is 443 g/mol. The number of likely N-dealkylation sites (N-methyl/N-ethyl adjacent to an activating group) is 1. The summed E-state index contributed by atoms with van der Waals surface area (Å²) in [6, 6.07) is 4.71. The second-order valence-corrected chi connectivity index (χ2v) is 6.87. The molecule has 1 aliphatic rings. The highest BCUT2D eigenvalue weighted by Crippen LogP contribution is 2.26. The Morgan fingerprint density at radius 1 is 1.31 bits per heavy atom. The summed E-state index contributed by atoms with van der Waals surface area (Å²) < 4.78 is 19.8. The summed E-state index contributed by atoms with van der Waals surface area (Å²) in [6.07, 6.45) is 2.66. The van der Waals surface area contributed by atoms with E-state index in [2.05, 4.69) is 20.4 Å². The van der Waals surface area contributed by atoms with Gasteiger partial charge < -0.3 is 25.5 Å². The van der Waals surface area contributed by atoms with Crippen LogP contribution in [0.25, 0.3) is 11.1 Å². The van der Waals surface area contributed by atoms with Gasteiger partial charge in [0.1, 0.15) is 24.7 Å². The third-order valence-electron chi connectivity index (χ3n) is 4.45. The molecule has 11 nitrogen and oxygen atoms in total. The van der Waals surface area contributed by atoms with E-state index in [4.69, 9.17) is 20.7 Å². The van der Waals surface area contributed by atoms with E-state index in [0.29, 0.717) is 24.6 Å². The Labute approximate surface area is 182 Å². The fourth-order valence-electron chi connectivity index (χ4n) is 2.75. The summed E-state index contributed by atoms with van der Waals surface area (Å²) in [5.74, 6) is -1.39. The molecule has 0 saturated carbocycles. The zero-order valence-electron chi connectivity index (χ0n) is 17.3. The molecule has 0 atom stereocenters. The second kappa shape index (κ2) is 10.3. The first kappa shape index (κ1) is 22.6. The molecule has 168 valence electrons. The molecular formula is C20H22FN7O4. The standard InChI is InChI=1S/C20H22FN7O4/c1-24-17(29)11-32-27-14-8-28(9-14)20-25-6-13(7-26-20)15-4-2-3-12(19(15)21)10-31-18(30)5-16(22)23/h2-4,6-7H,5,8-11H2,1H3,(H3,22,23)(H,24,29). The number of esters is 1. The van der Waals surface area contributed by atoms with E-state index in [9.17, 15) is 14.0 Å². The van der Waals surface area contributed by atoms with Crippen LogP contribution in [0, 0.1) is 11.2 Å². The molecule has 2 heterocycles. The van der Waals surface area contributed by atoms with Gasteiger partial charge in [0.25, 0.3) is 5.91 Å². The van der Waals surface area contributed by atoms with E-state index >= 15 is 0 Å². The third kappa shape index (κ3) is 5.74. The molecule has 0 radical (unpaired) electrons. The molecule has 0 spiro atoms. The van der Waals surface area contributed by atoms with Gasteiger partial charge in [0.05, 0.1) is 18.8 Å². The minimum absolute atomic E-state index is 0.147. The molecule has 1 fully saturated rings. The molecule has 2 aromatic rings. The number of rotatable bonds is 9. The molecule has 0 bridgehead atoms. The molecule has 1 aromatic heterocycles. The zero-order valence-corrected chi connectivity index (χ0v) is 17.3. The number of amidine groups is 1. The highest BCUT2D eigenvalue weighted by atomic mass is 19.1. The SMILES string of the molecule is CNC(=O)CON=C1CN(c2ncc(-c3cccc(COC(=O)CC(=N)N)c3F)cn2)C1. The quantitative estimate of drug-likeness (QED) is 0.220. The van der Waals surface area contributed by atoms with Crippen molar-refractivity contribution in [3.63, 3.8) is 0 Å². The number of nitrogens with zero attached hydrogens (tertiary/aromatic N) is 4. The van der Waals surface area contributed by atoms with Gasteiger partial charge in [-0.2, -0.15) is 0 Å². The van der Waals surface area contributed by atoms with E-state index in [1.54, 1.807) is 12.1 Å². The van der Waals surface area contributed by atoms with Gasteiger partial charge in [-0.3, -0.25) is 15.0 Å². The lowest BCUT2D eigenvalue weighted by atomic mass is 10.1. The van der Waals surface area contributed by atoms with Crippen LogP contribution in [0.15, 0.2) is 35.7 Å². The summed E-state index contributed by atoms with van der Waals surface area (Å²) >= 11 is 0. The lowest BCUT2D eigenvalue weighted by Gasteiger charge is -2.31. The van der Waals surface area contributed by atoms with E-state index in [1.807, 2.05) is 4.90 Å². The minimum atomic E-state index is -0.702. The van der Waals surface area contributed by atoms with Gasteiger partial charge in [-0.15, -0.1) is 0 Å². The first-order valence-corrected chi connectivity index (χ1v) is 9.59. The van der Waals surface area contributed by atoms with Crippen LogP contribution >= 0.6 is 0 Å². The largest absolute Gasteiger partial charge is 0.460 e. The number of nitrogens with two attached hydrogens (primary N) is 1. The van der Waals surface area contributed by atoms with Gasteiger partial charge in [0.15, 0.2) is 6.61 Å². The van der Waals surface area contributed by atoms with Crippen molar-refractivity contribution < 1.29 is 23.6 Å². The number of ether oxygens (including phenoxy) is 1. The number of benzene rings is 1. The van der Waals surface area contributed by atoms with Crippen LogP contribution in [0.4, 0.5) is 10.3 Å². The van der Waals surface area contributed by atoms with Crippen LogP contribution in [0.1, 0.15) is 12.0 Å². The summed E-state index contributed by atoms with van der Waals surface area (Å²) in [5.41, 5.74) is 6.82. The second-order valence-electron chi connectivity index (χ2n) is 6.87. The topological polar surface area (TPSA) is 156 Å². The molecule has 1 saturated heterocycles. The fourth-order valence-corrected chi connectivity index (χ4v) is 2.75. The summed E-state index contributed by atoms with van der Waals surface area (Å²) in [7, 11) is 1.51. The summed E-state index contributed by atoms with van der Waals surface area (Å²) in [4.78, 5) is 38.0. The number of hydrogen-bond donors (Lipinski definition) is 3. The Balaban J connectivity index is 1.59. The highest BCUT2D eigenvalue weighted by Gasteiger charge is 2.25. The van der Waals surface area contributed by atoms with E-state index in [-0.39, 0.29) is 42.5 Å². The minimum Gasteiger partial charge on any atom is -0.460 e. The van der Waals surface area contributed by atoms with Gasteiger partial charge >= 0.3 is 5.97 Å². The number of carbonyl (C=O) groups excluding carboxylic acids is 2. The number of halogens is 1. The maximum atomic E-state index is 14.9. The Bertz CT molecular complexity index is 1030. The van der Waals surface area contributed by atoms with Gasteiger partial charge in [-0.05, 0) is 0 Å². The van der Waals surface area contributed by atoms with Crippen LogP contribution in [0.2, 0.25) is 0 Å². The Kier molecular flexibility index (Phi) is 7.26. The number of nitrogens with one attached hydrogen (secondary N) is 2. The van der Waals surface area contributed by atoms with Crippen molar-refractivity contribution in [1.29, 1.82) is 5.41 Å². The Morgan fingerprint density at radius 2 is 2.03 bits per heavy atom. The Hall–Kier alpha value is -4.09. The van der Waals surface area contributed by atoms with Crippen molar-refractivity contribution in [2.45, 2.75) is 13.0 Å². The van der Waals surface area contributed by atoms with Gasteiger partial charge in [0, 0.05) is 36.1 Å². The molecule has 1 aliphatic heterocycles. The molecule has 12 heteroatoms. The maximum absolute atomic E-state index is 14.9. The monoisotopic (exact) mass is 443 g/mol. The highest BCUT2D eigenvalue weighted by molar-refractivity contribution is 5.98. The van der Waals surface area contributed by atoms with Crippen LogP contribution in [-0.4, -0.2) is 60.1 Å². The number of oxime groups is 1. The van der Waals surface area contributed by atoms with Crippen LogP contribution in [-0.2, 0) is 25.8 Å².